The number of hydrogen-bond donors (Lipinski definition) is 3. The summed E-state index contributed by atoms with van der Waals surface area (Å²) in [5.74, 6) is -0.187. The maximum atomic E-state index is 12.3. The minimum absolute atomic E-state index is 0.114. The van der Waals surface area contributed by atoms with E-state index >= 15 is 0 Å². The van der Waals surface area contributed by atoms with Crippen LogP contribution in [0.1, 0.15) is 33.7 Å². The number of aliphatic hydroxyl groups is 1. The molecule has 3 aromatic heterocycles. The number of benzene rings is 2. The van der Waals surface area contributed by atoms with Crippen LogP contribution < -0.4 is 11.5 Å². The number of nitrogens with zero attached hydrogens (tertiary/aromatic N) is 4. The molecule has 5 N–H and O–H groups in total. The number of aryl methyl sites for hydroxylation is 2. The molecule has 8 nitrogen and oxygen atoms in total. The van der Waals surface area contributed by atoms with E-state index in [4.69, 9.17) is 33.0 Å². The monoisotopic (exact) mass is 588 g/mol. The normalized spacial score (nSPS) is 11.2. The van der Waals surface area contributed by atoms with Gasteiger partial charge in [0, 0.05) is 40.9 Å². The molecule has 0 aliphatic heterocycles. The summed E-state index contributed by atoms with van der Waals surface area (Å²) in [5.41, 5.74) is 17.5. The number of thioether (sulfide) groups is 1. The molecule has 11 heteroatoms. The van der Waals surface area contributed by atoms with E-state index in [1.807, 2.05) is 53.9 Å². The van der Waals surface area contributed by atoms with Crippen LogP contribution in [0.15, 0.2) is 58.9 Å². The minimum atomic E-state index is -0.673. The zero-order valence-electron chi connectivity index (χ0n) is 21.5. The van der Waals surface area contributed by atoms with Crippen molar-refractivity contribution in [1.82, 2.24) is 14.5 Å². The van der Waals surface area contributed by atoms with Crippen molar-refractivity contribution < 1.29 is 9.90 Å². The zero-order chi connectivity index (χ0) is 28.4. The summed E-state index contributed by atoms with van der Waals surface area (Å²) >= 11 is 8.95. The maximum absolute atomic E-state index is 12.3. The van der Waals surface area contributed by atoms with E-state index in [-0.39, 0.29) is 18.0 Å². The molecule has 2 aromatic carbocycles. The van der Waals surface area contributed by atoms with Gasteiger partial charge >= 0.3 is 0 Å². The number of thiazole rings is 1. The number of carbonyl (C=O) groups excluding carboxylic acids is 1. The SMILES string of the molecule is Cn1c(C(N)=O)c(N)c2c(-c3ccc(CCCO)cc3)c(C#N)c(SCc3csc(-c4ccc(Cl)cc4)n3)nc21. The average Bonchev–Trinajstić information content (AvgIpc) is 3.52. The Bertz CT molecular complexity index is 1760. The van der Waals surface area contributed by atoms with Gasteiger partial charge in [0.15, 0.2) is 0 Å². The number of aromatic nitrogens is 3. The van der Waals surface area contributed by atoms with E-state index < -0.39 is 5.91 Å². The molecular weight excluding hydrogens is 564 g/mol. The molecule has 0 unspecified atom stereocenters. The highest BCUT2D eigenvalue weighted by atomic mass is 35.5. The molecule has 1 amide bonds. The van der Waals surface area contributed by atoms with E-state index in [1.165, 1.54) is 23.1 Å². The third-order valence-electron chi connectivity index (χ3n) is 6.53. The molecule has 40 heavy (non-hydrogen) atoms. The standard InChI is InChI=1S/C29H25ClN6O2S2/c1-36-25(26(33)38)24(32)23-22(17-6-4-16(5-7-17)3-2-12-37)21(13-31)29(35-27(23)36)40-15-20-14-39-28(34-20)18-8-10-19(30)11-9-18/h4-11,14,37H,2-3,12,15,32H2,1H3,(H2,33,38). The van der Waals surface area contributed by atoms with Crippen molar-refractivity contribution >= 4 is 57.3 Å². The number of nitrogens with two attached hydrogens (primary N) is 2. The Morgan fingerprint density at radius 3 is 2.50 bits per heavy atom. The van der Waals surface area contributed by atoms with Crippen molar-refractivity contribution in [2.24, 2.45) is 12.8 Å². The highest BCUT2D eigenvalue weighted by Crippen LogP contribution is 2.42. The highest BCUT2D eigenvalue weighted by Gasteiger charge is 2.26. The molecule has 5 aromatic rings. The molecule has 0 saturated heterocycles. The number of rotatable bonds is 9. The Morgan fingerprint density at radius 2 is 1.85 bits per heavy atom. The van der Waals surface area contributed by atoms with Gasteiger partial charge in [-0.2, -0.15) is 5.26 Å². The number of nitriles is 1. The number of halogens is 1. The lowest BCUT2D eigenvalue weighted by molar-refractivity contribution is 0.0994. The van der Waals surface area contributed by atoms with Crippen LogP contribution >= 0.6 is 34.7 Å². The van der Waals surface area contributed by atoms with E-state index in [1.54, 1.807) is 11.6 Å². The summed E-state index contributed by atoms with van der Waals surface area (Å²) in [6, 6.07) is 17.6. The summed E-state index contributed by atoms with van der Waals surface area (Å²) < 4.78 is 1.58. The molecule has 0 aliphatic carbocycles. The molecule has 0 fully saturated rings. The topological polar surface area (TPSA) is 144 Å². The number of pyridine rings is 1. The number of aliphatic hydroxyl groups excluding tert-OH is 1. The second-order valence-corrected chi connectivity index (χ2v) is 11.4. The fraction of sp³-hybridized carbons (Fsp3) is 0.172. The van der Waals surface area contributed by atoms with Gasteiger partial charge in [-0.15, -0.1) is 11.3 Å². The van der Waals surface area contributed by atoms with E-state index in [0.29, 0.717) is 44.4 Å². The lowest BCUT2D eigenvalue weighted by atomic mass is 9.96. The van der Waals surface area contributed by atoms with Crippen molar-refractivity contribution in [1.29, 1.82) is 5.26 Å². The molecule has 0 aliphatic rings. The first-order chi connectivity index (χ1) is 19.3. The summed E-state index contributed by atoms with van der Waals surface area (Å²) in [6.45, 7) is 0.114. The van der Waals surface area contributed by atoms with Crippen molar-refractivity contribution in [3.8, 4) is 27.8 Å². The molecule has 0 spiro atoms. The van der Waals surface area contributed by atoms with E-state index in [0.717, 1.165) is 33.8 Å². The van der Waals surface area contributed by atoms with Crippen molar-refractivity contribution in [2.75, 3.05) is 12.3 Å². The van der Waals surface area contributed by atoms with Crippen LogP contribution in [0.4, 0.5) is 5.69 Å². The third-order valence-corrected chi connectivity index (χ3v) is 8.73. The average molecular weight is 589 g/mol. The van der Waals surface area contributed by atoms with E-state index in [9.17, 15) is 15.2 Å². The maximum Gasteiger partial charge on any atom is 0.267 e. The lowest BCUT2D eigenvalue weighted by Crippen LogP contribution is -2.17. The fourth-order valence-corrected chi connectivity index (χ4v) is 6.54. The molecule has 0 saturated carbocycles. The largest absolute Gasteiger partial charge is 0.396 e. The Hall–Kier alpha value is -3.88. The van der Waals surface area contributed by atoms with E-state index in [2.05, 4.69) is 6.07 Å². The summed E-state index contributed by atoms with van der Waals surface area (Å²) in [5, 5.41) is 24.1. The van der Waals surface area contributed by atoms with Gasteiger partial charge in [0.25, 0.3) is 5.91 Å². The molecular formula is C29H25ClN6O2S2. The number of primary amides is 1. The summed E-state index contributed by atoms with van der Waals surface area (Å²) in [6.07, 6.45) is 1.40. The Kier molecular flexibility index (Phi) is 8.09. The third kappa shape index (κ3) is 5.29. The number of amides is 1. The minimum Gasteiger partial charge on any atom is -0.396 e. The van der Waals surface area contributed by atoms with Gasteiger partial charge in [-0.1, -0.05) is 59.8 Å². The van der Waals surface area contributed by atoms with Gasteiger partial charge in [-0.25, -0.2) is 9.97 Å². The molecule has 5 rings (SSSR count). The molecule has 0 bridgehead atoms. The predicted molar refractivity (Wildman–Crippen MR) is 161 cm³/mol. The predicted octanol–water partition coefficient (Wildman–Crippen LogP) is 5.79. The first kappa shape index (κ1) is 27.7. The second kappa shape index (κ2) is 11.7. The second-order valence-electron chi connectivity index (χ2n) is 9.13. The number of carbonyl (C=O) groups is 1. The van der Waals surface area contributed by atoms with Crippen LogP contribution in [-0.4, -0.2) is 32.2 Å². The van der Waals surface area contributed by atoms with Gasteiger partial charge in [0.05, 0.1) is 22.3 Å². The lowest BCUT2D eigenvalue weighted by Gasteiger charge is -2.12. The van der Waals surface area contributed by atoms with Gasteiger partial charge in [0.2, 0.25) is 0 Å². The number of nitrogen functional groups attached to an aromatic ring is 1. The smallest absolute Gasteiger partial charge is 0.267 e. The first-order valence-corrected chi connectivity index (χ1v) is 14.6. The van der Waals surface area contributed by atoms with Crippen molar-refractivity contribution in [3.05, 3.63) is 81.4 Å². The van der Waals surface area contributed by atoms with Crippen molar-refractivity contribution in [2.45, 2.75) is 23.6 Å². The number of hydrogen-bond acceptors (Lipinski definition) is 8. The quantitative estimate of drug-likeness (QED) is 0.185. The number of anilines is 1. The highest BCUT2D eigenvalue weighted by molar-refractivity contribution is 7.98. The Morgan fingerprint density at radius 1 is 1.15 bits per heavy atom. The number of fused-ring (bicyclic) bond motifs is 1. The Labute approximate surface area is 244 Å². The summed E-state index contributed by atoms with van der Waals surface area (Å²) in [4.78, 5) is 21.8. The van der Waals surface area contributed by atoms with Crippen LogP contribution in [0.2, 0.25) is 5.02 Å². The Balaban J connectivity index is 1.58. The molecule has 3 heterocycles. The molecule has 0 radical (unpaired) electrons. The summed E-state index contributed by atoms with van der Waals surface area (Å²) in [7, 11) is 1.69. The van der Waals surface area contributed by atoms with Crippen LogP contribution in [0.25, 0.3) is 32.7 Å². The van der Waals surface area contributed by atoms with Crippen LogP contribution in [0.5, 0.6) is 0 Å². The van der Waals surface area contributed by atoms with Crippen LogP contribution in [0, 0.1) is 11.3 Å². The fourth-order valence-electron chi connectivity index (χ4n) is 4.61. The van der Waals surface area contributed by atoms with Gasteiger partial charge < -0.3 is 21.1 Å². The van der Waals surface area contributed by atoms with Gasteiger partial charge in [-0.05, 0) is 36.1 Å². The van der Waals surface area contributed by atoms with Gasteiger partial charge in [0.1, 0.15) is 27.4 Å². The van der Waals surface area contributed by atoms with Crippen LogP contribution in [0.3, 0.4) is 0 Å². The zero-order valence-corrected chi connectivity index (χ0v) is 23.9. The van der Waals surface area contributed by atoms with Crippen molar-refractivity contribution in [3.63, 3.8) is 0 Å². The van der Waals surface area contributed by atoms with Gasteiger partial charge in [-0.3, -0.25) is 4.79 Å². The molecule has 0 atom stereocenters. The molecule has 202 valence electrons. The first-order valence-electron chi connectivity index (χ1n) is 12.4. The van der Waals surface area contributed by atoms with Crippen LogP contribution in [-0.2, 0) is 19.2 Å².